The Morgan fingerprint density at radius 3 is 3.00 bits per heavy atom. The van der Waals surface area contributed by atoms with Crippen LogP contribution in [-0.4, -0.2) is 29.1 Å². The Morgan fingerprint density at radius 2 is 2.33 bits per heavy atom. The molecule has 2 rings (SSSR count). The van der Waals surface area contributed by atoms with E-state index in [4.69, 9.17) is 10.9 Å². The first-order valence-electron chi connectivity index (χ1n) is 6.31. The molecule has 0 aromatic carbocycles. The lowest BCUT2D eigenvalue weighted by Crippen LogP contribution is -2.35. The van der Waals surface area contributed by atoms with Crippen molar-refractivity contribution in [1.82, 2.24) is 4.98 Å². The molecule has 2 heterocycles. The zero-order valence-corrected chi connectivity index (χ0v) is 10.9. The third-order valence-corrected chi connectivity index (χ3v) is 3.32. The van der Waals surface area contributed by atoms with Gasteiger partial charge in [0.05, 0.1) is 0 Å². The number of rotatable bonds is 2. The maximum Gasteiger partial charge on any atom is 0.170 e. The van der Waals surface area contributed by atoms with Crippen molar-refractivity contribution < 1.29 is 5.21 Å². The number of oxime groups is 1. The molecular formula is C13H20N4O. The van der Waals surface area contributed by atoms with E-state index in [0.717, 1.165) is 30.2 Å². The minimum atomic E-state index is 0.131. The number of anilines is 1. The predicted octanol–water partition coefficient (Wildman–Crippen LogP) is 1.72. The minimum Gasteiger partial charge on any atom is -0.409 e. The average molecular weight is 248 g/mol. The van der Waals surface area contributed by atoms with Gasteiger partial charge in [0.1, 0.15) is 5.82 Å². The fourth-order valence-electron chi connectivity index (χ4n) is 2.42. The van der Waals surface area contributed by atoms with Gasteiger partial charge in [0.2, 0.25) is 0 Å². The smallest absolute Gasteiger partial charge is 0.170 e. The van der Waals surface area contributed by atoms with Crippen LogP contribution >= 0.6 is 0 Å². The maximum absolute atomic E-state index is 8.75. The fraction of sp³-hybridized carbons (Fsp3) is 0.538. The van der Waals surface area contributed by atoms with Crippen molar-refractivity contribution in [2.24, 2.45) is 16.8 Å². The largest absolute Gasteiger partial charge is 0.409 e. The number of hydrogen-bond acceptors (Lipinski definition) is 4. The lowest BCUT2D eigenvalue weighted by atomic mass is 10.0. The second-order valence-corrected chi connectivity index (χ2v) is 5.03. The van der Waals surface area contributed by atoms with E-state index < -0.39 is 0 Å². The first-order chi connectivity index (χ1) is 8.60. The quantitative estimate of drug-likeness (QED) is 0.362. The Hall–Kier alpha value is -1.78. The summed E-state index contributed by atoms with van der Waals surface area (Å²) < 4.78 is 0. The normalized spacial score (nSPS) is 21.1. The average Bonchev–Trinajstić information content (AvgIpc) is 2.37. The number of nitrogens with two attached hydrogens (primary N) is 1. The number of aromatic nitrogens is 1. The molecule has 0 amide bonds. The summed E-state index contributed by atoms with van der Waals surface area (Å²) in [6.07, 6.45) is 2.46. The molecule has 0 saturated carbocycles. The molecule has 3 N–H and O–H groups in total. The van der Waals surface area contributed by atoms with Gasteiger partial charge in [-0.15, -0.1) is 0 Å². The van der Waals surface area contributed by atoms with Crippen LogP contribution < -0.4 is 10.6 Å². The molecule has 0 radical (unpaired) electrons. The summed E-state index contributed by atoms with van der Waals surface area (Å²) in [5.74, 6) is 1.74. The van der Waals surface area contributed by atoms with E-state index in [9.17, 15) is 0 Å². The second kappa shape index (κ2) is 5.25. The third kappa shape index (κ3) is 2.72. The van der Waals surface area contributed by atoms with Gasteiger partial charge < -0.3 is 15.8 Å². The highest BCUT2D eigenvalue weighted by molar-refractivity contribution is 5.97. The van der Waals surface area contributed by atoms with Gasteiger partial charge in [-0.25, -0.2) is 4.98 Å². The van der Waals surface area contributed by atoms with Gasteiger partial charge in [0.15, 0.2) is 5.84 Å². The molecule has 5 heteroatoms. The molecule has 1 aliphatic rings. The first-order valence-corrected chi connectivity index (χ1v) is 6.31. The molecule has 98 valence electrons. The highest BCUT2D eigenvalue weighted by Gasteiger charge is 2.18. The summed E-state index contributed by atoms with van der Waals surface area (Å²) in [5.41, 5.74) is 7.24. The van der Waals surface area contributed by atoms with Crippen molar-refractivity contribution >= 4 is 11.7 Å². The molecule has 1 atom stereocenters. The summed E-state index contributed by atoms with van der Waals surface area (Å²) in [7, 11) is 0. The van der Waals surface area contributed by atoms with Crippen LogP contribution in [0.15, 0.2) is 17.3 Å². The van der Waals surface area contributed by atoms with Crippen molar-refractivity contribution in [3.05, 3.63) is 23.4 Å². The Kier molecular flexibility index (Phi) is 3.69. The highest BCUT2D eigenvalue weighted by Crippen LogP contribution is 2.22. The van der Waals surface area contributed by atoms with E-state index in [0.29, 0.717) is 5.92 Å². The van der Waals surface area contributed by atoms with Crippen LogP contribution in [0.2, 0.25) is 0 Å². The van der Waals surface area contributed by atoms with Crippen molar-refractivity contribution in [3.8, 4) is 0 Å². The molecule has 1 aliphatic heterocycles. The van der Waals surface area contributed by atoms with E-state index in [2.05, 4.69) is 22.0 Å². The van der Waals surface area contributed by atoms with Gasteiger partial charge >= 0.3 is 0 Å². The van der Waals surface area contributed by atoms with Gasteiger partial charge in [0.25, 0.3) is 0 Å². The molecule has 1 saturated heterocycles. The lowest BCUT2D eigenvalue weighted by Gasteiger charge is -2.32. The standard InChI is InChI=1S/C13H20N4O/c1-9-4-3-5-17(8-9)12-7-11(13(14)16-18)6-10(2)15-12/h6-7,9,18H,3-5,8H2,1-2H3,(H2,14,16). The third-order valence-electron chi connectivity index (χ3n) is 3.32. The molecule has 1 aromatic rings. The van der Waals surface area contributed by atoms with Crippen molar-refractivity contribution in [2.75, 3.05) is 18.0 Å². The molecule has 0 aliphatic carbocycles. The Labute approximate surface area is 107 Å². The van der Waals surface area contributed by atoms with Crippen LogP contribution in [0, 0.1) is 12.8 Å². The zero-order valence-electron chi connectivity index (χ0n) is 10.9. The van der Waals surface area contributed by atoms with Gasteiger partial charge in [-0.1, -0.05) is 12.1 Å². The van der Waals surface area contributed by atoms with Gasteiger partial charge in [-0.05, 0) is 37.8 Å². The minimum absolute atomic E-state index is 0.131. The van der Waals surface area contributed by atoms with Crippen LogP contribution in [0.4, 0.5) is 5.82 Å². The van der Waals surface area contributed by atoms with Crippen molar-refractivity contribution in [3.63, 3.8) is 0 Å². The molecule has 5 nitrogen and oxygen atoms in total. The van der Waals surface area contributed by atoms with E-state index in [1.165, 1.54) is 12.8 Å². The van der Waals surface area contributed by atoms with Crippen molar-refractivity contribution in [2.45, 2.75) is 26.7 Å². The number of aryl methyl sites for hydroxylation is 1. The summed E-state index contributed by atoms with van der Waals surface area (Å²) in [6, 6.07) is 3.71. The number of nitrogens with zero attached hydrogens (tertiary/aromatic N) is 3. The maximum atomic E-state index is 8.75. The van der Waals surface area contributed by atoms with Crippen LogP contribution in [-0.2, 0) is 0 Å². The summed E-state index contributed by atoms with van der Waals surface area (Å²) in [6.45, 7) is 6.22. The summed E-state index contributed by atoms with van der Waals surface area (Å²) in [5, 5.41) is 11.8. The number of amidine groups is 1. The summed E-state index contributed by atoms with van der Waals surface area (Å²) in [4.78, 5) is 6.82. The highest BCUT2D eigenvalue weighted by atomic mass is 16.4. The number of pyridine rings is 1. The zero-order chi connectivity index (χ0) is 13.1. The first kappa shape index (κ1) is 12.7. The van der Waals surface area contributed by atoms with E-state index in [-0.39, 0.29) is 5.84 Å². The molecular weight excluding hydrogens is 228 g/mol. The Balaban J connectivity index is 2.30. The summed E-state index contributed by atoms with van der Waals surface area (Å²) >= 11 is 0. The Bertz CT molecular complexity index is 458. The predicted molar refractivity (Wildman–Crippen MR) is 72.1 cm³/mol. The van der Waals surface area contributed by atoms with Crippen molar-refractivity contribution in [1.29, 1.82) is 0 Å². The molecule has 1 unspecified atom stereocenters. The van der Waals surface area contributed by atoms with Crippen LogP contribution in [0.5, 0.6) is 0 Å². The van der Waals surface area contributed by atoms with Crippen LogP contribution in [0.25, 0.3) is 0 Å². The monoisotopic (exact) mass is 248 g/mol. The van der Waals surface area contributed by atoms with Gasteiger partial charge in [0, 0.05) is 24.3 Å². The molecule has 0 spiro atoms. The molecule has 18 heavy (non-hydrogen) atoms. The van der Waals surface area contributed by atoms with Crippen LogP contribution in [0.1, 0.15) is 31.0 Å². The van der Waals surface area contributed by atoms with E-state index >= 15 is 0 Å². The second-order valence-electron chi connectivity index (χ2n) is 5.03. The number of piperidine rings is 1. The lowest BCUT2D eigenvalue weighted by molar-refractivity contribution is 0.318. The fourth-order valence-corrected chi connectivity index (χ4v) is 2.42. The van der Waals surface area contributed by atoms with Gasteiger partial charge in [-0.3, -0.25) is 0 Å². The SMILES string of the molecule is Cc1cc(/C(N)=N/O)cc(N2CCCC(C)C2)n1. The molecule has 1 aromatic heterocycles. The molecule has 0 bridgehead atoms. The van der Waals surface area contributed by atoms with E-state index in [1.807, 2.05) is 19.1 Å². The van der Waals surface area contributed by atoms with Gasteiger partial charge in [-0.2, -0.15) is 0 Å². The Morgan fingerprint density at radius 1 is 1.56 bits per heavy atom. The number of hydrogen-bond donors (Lipinski definition) is 2. The van der Waals surface area contributed by atoms with E-state index in [1.54, 1.807) is 0 Å². The molecule has 1 fully saturated rings. The van der Waals surface area contributed by atoms with Crippen LogP contribution in [0.3, 0.4) is 0 Å². The topological polar surface area (TPSA) is 74.7 Å².